The van der Waals surface area contributed by atoms with Gasteiger partial charge in [0.25, 0.3) is 0 Å². The van der Waals surface area contributed by atoms with E-state index in [9.17, 15) is 9.90 Å². The molecule has 0 aliphatic carbocycles. The summed E-state index contributed by atoms with van der Waals surface area (Å²) in [4.78, 5) is 14.0. The Bertz CT molecular complexity index is 375. The predicted octanol–water partition coefficient (Wildman–Crippen LogP) is 0.673. The fraction of sp³-hybridized carbons (Fsp3) is 0.667. The summed E-state index contributed by atoms with van der Waals surface area (Å²) >= 11 is 0. The third-order valence-corrected chi connectivity index (χ3v) is 3.50. The van der Waals surface area contributed by atoms with Crippen LogP contribution in [0.1, 0.15) is 26.3 Å². The first-order valence-corrected chi connectivity index (χ1v) is 6.05. The van der Waals surface area contributed by atoms with Gasteiger partial charge >= 0.3 is 0 Å². The van der Waals surface area contributed by atoms with Crippen molar-refractivity contribution in [3.05, 3.63) is 18.5 Å². The molecule has 0 radical (unpaired) electrons. The molecule has 5 nitrogen and oxygen atoms in total. The molecule has 1 aromatic rings. The molecule has 0 bridgehead atoms. The van der Waals surface area contributed by atoms with Crippen LogP contribution in [0.2, 0.25) is 0 Å². The van der Waals surface area contributed by atoms with E-state index in [1.165, 1.54) is 0 Å². The van der Waals surface area contributed by atoms with E-state index in [0.29, 0.717) is 6.54 Å². The second-order valence-corrected chi connectivity index (χ2v) is 4.74. The van der Waals surface area contributed by atoms with Gasteiger partial charge in [-0.3, -0.25) is 9.48 Å². The number of likely N-dealkylation sites (tertiary alicyclic amines) is 1. The second-order valence-electron chi connectivity index (χ2n) is 4.74. The highest BCUT2D eigenvalue weighted by Crippen LogP contribution is 2.22. The number of nitrogens with zero attached hydrogens (tertiary/aromatic N) is 3. The van der Waals surface area contributed by atoms with Crippen molar-refractivity contribution in [2.75, 3.05) is 13.1 Å². The monoisotopic (exact) mass is 237 g/mol. The van der Waals surface area contributed by atoms with Crippen molar-refractivity contribution in [2.24, 2.45) is 5.92 Å². The highest BCUT2D eigenvalue weighted by molar-refractivity contribution is 5.80. The van der Waals surface area contributed by atoms with Gasteiger partial charge in [-0.25, -0.2) is 0 Å². The quantitative estimate of drug-likeness (QED) is 0.840. The van der Waals surface area contributed by atoms with E-state index in [4.69, 9.17) is 0 Å². The van der Waals surface area contributed by atoms with Gasteiger partial charge in [0.1, 0.15) is 6.04 Å². The molecule has 2 rings (SSSR count). The van der Waals surface area contributed by atoms with Gasteiger partial charge in [0.2, 0.25) is 5.91 Å². The van der Waals surface area contributed by atoms with Crippen LogP contribution in [0, 0.1) is 5.92 Å². The van der Waals surface area contributed by atoms with E-state index in [1.54, 1.807) is 24.0 Å². The first-order valence-electron chi connectivity index (χ1n) is 6.05. The predicted molar refractivity (Wildman–Crippen MR) is 63.3 cm³/mol. The summed E-state index contributed by atoms with van der Waals surface area (Å²) in [6.07, 6.45) is 4.01. The van der Waals surface area contributed by atoms with Gasteiger partial charge in [-0.05, 0) is 26.3 Å². The molecule has 17 heavy (non-hydrogen) atoms. The molecule has 3 unspecified atom stereocenters. The zero-order chi connectivity index (χ0) is 12.4. The van der Waals surface area contributed by atoms with Crippen LogP contribution in [-0.4, -0.2) is 44.9 Å². The Morgan fingerprint density at radius 1 is 1.53 bits per heavy atom. The molecule has 1 aromatic heterocycles. The number of carbonyl (C=O) groups is 1. The van der Waals surface area contributed by atoms with Crippen molar-refractivity contribution in [2.45, 2.75) is 32.4 Å². The van der Waals surface area contributed by atoms with Crippen molar-refractivity contribution in [3.63, 3.8) is 0 Å². The van der Waals surface area contributed by atoms with Crippen molar-refractivity contribution < 1.29 is 9.90 Å². The molecule has 1 aliphatic rings. The third-order valence-electron chi connectivity index (χ3n) is 3.50. The van der Waals surface area contributed by atoms with Crippen LogP contribution < -0.4 is 0 Å². The van der Waals surface area contributed by atoms with E-state index in [0.717, 1.165) is 13.0 Å². The standard InChI is InChI=1S/C12H19N3O2/c1-9(15-6-3-5-13-15)12(17)14-7-4-11(8-14)10(2)16/h3,5-6,9-11,16H,4,7-8H2,1-2H3. The van der Waals surface area contributed by atoms with Crippen molar-refractivity contribution >= 4 is 5.91 Å². The molecule has 0 spiro atoms. The first kappa shape index (κ1) is 12.1. The number of carbonyl (C=O) groups excluding carboxylic acids is 1. The Labute approximate surface area is 101 Å². The minimum absolute atomic E-state index is 0.0804. The van der Waals surface area contributed by atoms with Crippen molar-refractivity contribution in [3.8, 4) is 0 Å². The molecule has 1 aliphatic heterocycles. The highest BCUT2D eigenvalue weighted by atomic mass is 16.3. The van der Waals surface area contributed by atoms with Gasteiger partial charge in [0, 0.05) is 31.4 Å². The van der Waals surface area contributed by atoms with Crippen LogP contribution in [0.5, 0.6) is 0 Å². The van der Waals surface area contributed by atoms with E-state index in [1.807, 2.05) is 17.9 Å². The molecule has 1 saturated heterocycles. The molecule has 94 valence electrons. The molecule has 5 heteroatoms. The smallest absolute Gasteiger partial charge is 0.247 e. The fourth-order valence-corrected chi connectivity index (χ4v) is 2.27. The zero-order valence-corrected chi connectivity index (χ0v) is 10.3. The maximum atomic E-state index is 12.2. The van der Waals surface area contributed by atoms with E-state index in [2.05, 4.69) is 5.10 Å². The summed E-state index contributed by atoms with van der Waals surface area (Å²) in [7, 11) is 0. The van der Waals surface area contributed by atoms with Crippen molar-refractivity contribution in [1.82, 2.24) is 14.7 Å². The van der Waals surface area contributed by atoms with Crippen LogP contribution in [0.4, 0.5) is 0 Å². The van der Waals surface area contributed by atoms with E-state index < -0.39 is 0 Å². The minimum Gasteiger partial charge on any atom is -0.393 e. The number of amides is 1. The number of aliphatic hydroxyl groups is 1. The van der Waals surface area contributed by atoms with Gasteiger partial charge in [-0.1, -0.05) is 0 Å². The molecule has 2 heterocycles. The first-order chi connectivity index (χ1) is 8.09. The molecular weight excluding hydrogens is 218 g/mol. The molecule has 1 N–H and O–H groups in total. The molecular formula is C12H19N3O2. The maximum Gasteiger partial charge on any atom is 0.247 e. The summed E-state index contributed by atoms with van der Waals surface area (Å²) in [5.74, 6) is 0.292. The zero-order valence-electron chi connectivity index (χ0n) is 10.3. The lowest BCUT2D eigenvalue weighted by atomic mass is 10.0. The third kappa shape index (κ3) is 2.49. The Balaban J connectivity index is 1.97. The largest absolute Gasteiger partial charge is 0.393 e. The summed E-state index contributed by atoms with van der Waals surface area (Å²) < 4.78 is 1.66. The SMILES string of the molecule is CC(O)C1CCN(C(=O)C(C)n2cccn2)C1. The molecule has 1 fully saturated rings. The lowest BCUT2D eigenvalue weighted by Gasteiger charge is -2.21. The fourth-order valence-electron chi connectivity index (χ4n) is 2.27. The average molecular weight is 237 g/mol. The summed E-state index contributed by atoms with van der Waals surface area (Å²) in [6.45, 7) is 5.03. The van der Waals surface area contributed by atoms with Gasteiger partial charge < -0.3 is 10.0 Å². The highest BCUT2D eigenvalue weighted by Gasteiger charge is 2.31. The Morgan fingerprint density at radius 3 is 2.82 bits per heavy atom. The number of hydrogen-bond donors (Lipinski definition) is 1. The van der Waals surface area contributed by atoms with Crippen LogP contribution in [0.25, 0.3) is 0 Å². The molecule has 1 amide bonds. The van der Waals surface area contributed by atoms with Gasteiger partial charge in [-0.15, -0.1) is 0 Å². The van der Waals surface area contributed by atoms with Crippen LogP contribution in [0.15, 0.2) is 18.5 Å². The summed E-state index contributed by atoms with van der Waals surface area (Å²) in [5.41, 5.74) is 0. The van der Waals surface area contributed by atoms with Crippen LogP contribution >= 0.6 is 0 Å². The lowest BCUT2D eigenvalue weighted by Crippen LogP contribution is -2.35. The number of hydrogen-bond acceptors (Lipinski definition) is 3. The number of aliphatic hydroxyl groups excluding tert-OH is 1. The Kier molecular flexibility index (Phi) is 3.47. The average Bonchev–Trinajstić information content (AvgIpc) is 2.97. The minimum atomic E-state index is -0.340. The lowest BCUT2D eigenvalue weighted by molar-refractivity contribution is -0.133. The summed E-state index contributed by atoms with van der Waals surface area (Å²) in [5, 5.41) is 13.6. The molecule has 0 saturated carbocycles. The maximum absolute atomic E-state index is 12.2. The number of rotatable bonds is 3. The normalized spacial score (nSPS) is 23.7. The topological polar surface area (TPSA) is 58.4 Å². The van der Waals surface area contributed by atoms with Crippen molar-refractivity contribution in [1.29, 1.82) is 0 Å². The van der Waals surface area contributed by atoms with Crippen LogP contribution in [0.3, 0.4) is 0 Å². The molecule has 3 atom stereocenters. The Morgan fingerprint density at radius 2 is 2.29 bits per heavy atom. The second kappa shape index (κ2) is 4.87. The Hall–Kier alpha value is -1.36. The van der Waals surface area contributed by atoms with E-state index >= 15 is 0 Å². The van der Waals surface area contributed by atoms with Gasteiger partial charge in [0.15, 0.2) is 0 Å². The van der Waals surface area contributed by atoms with Gasteiger partial charge in [-0.2, -0.15) is 5.10 Å². The summed E-state index contributed by atoms with van der Waals surface area (Å²) in [6, 6.07) is 1.55. The number of aromatic nitrogens is 2. The van der Waals surface area contributed by atoms with E-state index in [-0.39, 0.29) is 24.0 Å². The van der Waals surface area contributed by atoms with Gasteiger partial charge in [0.05, 0.1) is 6.10 Å². The molecule has 0 aromatic carbocycles. The van der Waals surface area contributed by atoms with Crippen LogP contribution in [-0.2, 0) is 4.79 Å².